The molecule has 3 aromatic rings. The molecule has 1 aliphatic rings. The number of benzene rings is 1. The summed E-state index contributed by atoms with van der Waals surface area (Å²) in [5.74, 6) is 1.41. The van der Waals surface area contributed by atoms with Crippen LogP contribution >= 0.6 is 0 Å². The molecular weight excluding hydrogens is 350 g/mol. The van der Waals surface area contributed by atoms with Gasteiger partial charge in [0.15, 0.2) is 0 Å². The zero-order valence-electron chi connectivity index (χ0n) is 17.0. The number of carbonyl (C=O) groups excluding carboxylic acids is 1. The number of likely N-dealkylation sites (tertiary alicyclic amines) is 1. The molecule has 6 heteroatoms. The van der Waals surface area contributed by atoms with Crippen LogP contribution in [-0.2, 0) is 0 Å². The van der Waals surface area contributed by atoms with Crippen molar-refractivity contribution in [2.45, 2.75) is 32.2 Å². The number of pyridine rings is 1. The van der Waals surface area contributed by atoms with Gasteiger partial charge in [0.2, 0.25) is 0 Å². The molecule has 1 atom stereocenters. The number of hydrogen-bond donors (Lipinski definition) is 0. The molecule has 2 aromatic heterocycles. The van der Waals surface area contributed by atoms with Crippen LogP contribution in [0.4, 0.5) is 5.69 Å². The summed E-state index contributed by atoms with van der Waals surface area (Å²) in [7, 11) is 3.97. The van der Waals surface area contributed by atoms with E-state index < -0.39 is 0 Å². The second kappa shape index (κ2) is 7.26. The molecule has 1 saturated heterocycles. The third kappa shape index (κ3) is 3.23. The van der Waals surface area contributed by atoms with Crippen molar-refractivity contribution in [2.75, 3.05) is 32.1 Å². The molecule has 28 heavy (non-hydrogen) atoms. The molecule has 6 nitrogen and oxygen atoms in total. The first kappa shape index (κ1) is 18.5. The minimum absolute atomic E-state index is 0.0973. The normalized spacial score (nSPS) is 16.9. The van der Waals surface area contributed by atoms with E-state index in [0.717, 1.165) is 41.1 Å². The highest BCUT2D eigenvalue weighted by Crippen LogP contribution is 2.32. The van der Waals surface area contributed by atoms with E-state index >= 15 is 0 Å². The second-order valence-electron chi connectivity index (χ2n) is 7.98. The molecule has 1 aromatic carbocycles. The summed E-state index contributed by atoms with van der Waals surface area (Å²) in [6.45, 7) is 5.80. The predicted octanol–water partition coefficient (Wildman–Crippen LogP) is 3.71. The van der Waals surface area contributed by atoms with Crippen molar-refractivity contribution in [3.8, 4) is 0 Å². The number of nitrogens with zero attached hydrogens (tertiary/aromatic N) is 5. The Kier molecular flexibility index (Phi) is 4.79. The summed E-state index contributed by atoms with van der Waals surface area (Å²) >= 11 is 0. The van der Waals surface area contributed by atoms with E-state index in [4.69, 9.17) is 4.98 Å². The van der Waals surface area contributed by atoms with Crippen LogP contribution in [0.5, 0.6) is 0 Å². The first-order chi connectivity index (χ1) is 13.5. The maximum Gasteiger partial charge on any atom is 0.253 e. The van der Waals surface area contributed by atoms with E-state index in [1.807, 2.05) is 60.4 Å². The molecule has 3 heterocycles. The zero-order chi connectivity index (χ0) is 19.8. The fraction of sp³-hybridized carbons (Fsp3) is 0.409. The van der Waals surface area contributed by atoms with Crippen molar-refractivity contribution in [3.05, 3.63) is 54.1 Å². The lowest BCUT2D eigenvalue weighted by molar-refractivity contribution is 0.0790. The van der Waals surface area contributed by atoms with Crippen LogP contribution in [0.2, 0.25) is 0 Å². The van der Waals surface area contributed by atoms with Gasteiger partial charge in [-0.3, -0.25) is 9.78 Å². The van der Waals surface area contributed by atoms with Crippen LogP contribution in [0.3, 0.4) is 0 Å². The van der Waals surface area contributed by atoms with Gasteiger partial charge in [-0.15, -0.1) is 0 Å². The molecule has 0 bridgehead atoms. The van der Waals surface area contributed by atoms with Gasteiger partial charge in [0, 0.05) is 56.6 Å². The zero-order valence-corrected chi connectivity index (χ0v) is 17.0. The average Bonchev–Trinajstić information content (AvgIpc) is 3.32. The van der Waals surface area contributed by atoms with Gasteiger partial charge in [-0.1, -0.05) is 6.07 Å². The van der Waals surface area contributed by atoms with E-state index in [2.05, 4.69) is 23.4 Å². The van der Waals surface area contributed by atoms with Gasteiger partial charge in [-0.05, 0) is 44.5 Å². The van der Waals surface area contributed by atoms with E-state index in [1.165, 1.54) is 0 Å². The van der Waals surface area contributed by atoms with Crippen molar-refractivity contribution in [1.82, 2.24) is 19.4 Å². The van der Waals surface area contributed by atoms with Crippen molar-refractivity contribution < 1.29 is 4.79 Å². The van der Waals surface area contributed by atoms with Crippen molar-refractivity contribution in [2.24, 2.45) is 0 Å². The smallest absolute Gasteiger partial charge is 0.253 e. The Labute approximate surface area is 165 Å². The predicted molar refractivity (Wildman–Crippen MR) is 112 cm³/mol. The summed E-state index contributed by atoms with van der Waals surface area (Å²) < 4.78 is 2.27. The minimum Gasteiger partial charge on any atom is -0.378 e. The Morgan fingerprint density at radius 2 is 2.07 bits per heavy atom. The van der Waals surface area contributed by atoms with Crippen LogP contribution in [-0.4, -0.2) is 52.5 Å². The molecule has 1 aliphatic heterocycles. The van der Waals surface area contributed by atoms with E-state index in [9.17, 15) is 4.79 Å². The number of anilines is 1. The molecular formula is C22H27N5O. The quantitative estimate of drug-likeness (QED) is 0.696. The van der Waals surface area contributed by atoms with Gasteiger partial charge in [0.05, 0.1) is 17.2 Å². The lowest BCUT2D eigenvalue weighted by Crippen LogP contribution is -2.29. The topological polar surface area (TPSA) is 54.3 Å². The molecule has 146 valence electrons. The Bertz CT molecular complexity index is 1010. The van der Waals surface area contributed by atoms with Gasteiger partial charge < -0.3 is 14.4 Å². The maximum absolute atomic E-state index is 13.1. The van der Waals surface area contributed by atoms with Gasteiger partial charge in [0.1, 0.15) is 5.82 Å². The van der Waals surface area contributed by atoms with Crippen molar-refractivity contribution >= 4 is 22.6 Å². The molecule has 1 amide bonds. The molecule has 0 unspecified atom stereocenters. The maximum atomic E-state index is 13.1. The van der Waals surface area contributed by atoms with Gasteiger partial charge in [-0.25, -0.2) is 4.98 Å². The Balaban J connectivity index is 1.59. The molecule has 0 saturated carbocycles. The highest BCUT2D eigenvalue weighted by Gasteiger charge is 2.32. The number of imidazole rings is 1. The molecule has 4 rings (SSSR count). The number of hydrogen-bond acceptors (Lipinski definition) is 4. The standard InChI is InChI=1S/C22H27N5O/c1-15(2)27-20-13-23-10-8-19(20)24-21(27)17-9-11-26(14-17)22(28)16-6-5-7-18(12-16)25(3)4/h5-8,10,12-13,15,17H,9,11,14H2,1-4H3/t17-/m1/s1. The minimum atomic E-state index is 0.0973. The van der Waals surface area contributed by atoms with Crippen molar-refractivity contribution in [1.29, 1.82) is 0 Å². The Morgan fingerprint density at radius 3 is 2.82 bits per heavy atom. The fourth-order valence-electron chi connectivity index (χ4n) is 4.05. The van der Waals surface area contributed by atoms with E-state index in [0.29, 0.717) is 12.6 Å². The fourth-order valence-corrected chi connectivity index (χ4v) is 4.05. The van der Waals surface area contributed by atoms with Crippen LogP contribution in [0.15, 0.2) is 42.7 Å². The van der Waals surface area contributed by atoms with E-state index in [-0.39, 0.29) is 11.8 Å². The highest BCUT2D eigenvalue weighted by atomic mass is 16.2. The van der Waals surface area contributed by atoms with Crippen LogP contribution in [0.1, 0.15) is 48.4 Å². The van der Waals surface area contributed by atoms with Gasteiger partial charge >= 0.3 is 0 Å². The molecule has 0 aliphatic carbocycles. The highest BCUT2D eigenvalue weighted by molar-refractivity contribution is 5.95. The van der Waals surface area contributed by atoms with E-state index in [1.54, 1.807) is 6.20 Å². The number of amides is 1. The SMILES string of the molecule is CC(C)n1c([C@@H]2CCN(C(=O)c3cccc(N(C)C)c3)C2)nc2ccncc21. The molecule has 1 fully saturated rings. The monoisotopic (exact) mass is 377 g/mol. The van der Waals surface area contributed by atoms with Gasteiger partial charge in [0.25, 0.3) is 5.91 Å². The largest absolute Gasteiger partial charge is 0.378 e. The van der Waals surface area contributed by atoms with Crippen molar-refractivity contribution in [3.63, 3.8) is 0 Å². The summed E-state index contributed by atoms with van der Waals surface area (Å²) in [5, 5.41) is 0. The lowest BCUT2D eigenvalue weighted by atomic mass is 10.1. The van der Waals surface area contributed by atoms with Crippen LogP contribution in [0, 0.1) is 0 Å². The third-order valence-electron chi connectivity index (χ3n) is 5.49. The lowest BCUT2D eigenvalue weighted by Gasteiger charge is -2.20. The summed E-state index contributed by atoms with van der Waals surface area (Å²) in [6.07, 6.45) is 4.60. The van der Waals surface area contributed by atoms with Gasteiger partial charge in [-0.2, -0.15) is 0 Å². The molecule has 0 N–H and O–H groups in total. The summed E-state index contributed by atoms with van der Waals surface area (Å²) in [6, 6.07) is 10.1. The number of aromatic nitrogens is 3. The molecule has 0 radical (unpaired) electrons. The Hall–Kier alpha value is -2.89. The van der Waals surface area contributed by atoms with Crippen LogP contribution in [0.25, 0.3) is 11.0 Å². The number of carbonyl (C=O) groups is 1. The molecule has 0 spiro atoms. The van der Waals surface area contributed by atoms with Crippen LogP contribution < -0.4 is 4.90 Å². The first-order valence-corrected chi connectivity index (χ1v) is 9.84. The Morgan fingerprint density at radius 1 is 1.25 bits per heavy atom. The third-order valence-corrected chi connectivity index (χ3v) is 5.49. The number of rotatable bonds is 4. The summed E-state index contributed by atoms with van der Waals surface area (Å²) in [5.41, 5.74) is 3.82. The number of fused-ring (bicyclic) bond motifs is 1. The first-order valence-electron chi connectivity index (χ1n) is 9.84. The average molecular weight is 377 g/mol. The summed E-state index contributed by atoms with van der Waals surface area (Å²) in [4.78, 5) is 26.2. The second-order valence-corrected chi connectivity index (χ2v) is 7.98.